The molecule has 1 amide bonds. The number of carbonyl (C=O) groups is 1. The van der Waals surface area contributed by atoms with E-state index in [2.05, 4.69) is 15.5 Å². The van der Waals surface area contributed by atoms with Crippen LogP contribution in [0.2, 0.25) is 0 Å². The van der Waals surface area contributed by atoms with E-state index in [0.717, 1.165) is 18.5 Å². The molecule has 0 radical (unpaired) electrons. The fourth-order valence-electron chi connectivity index (χ4n) is 3.02. The maximum Gasteiger partial charge on any atom is 0.256 e. The molecule has 1 aromatic carbocycles. The molecule has 1 aliphatic rings. The van der Waals surface area contributed by atoms with E-state index in [1.54, 1.807) is 11.0 Å². The Labute approximate surface area is 147 Å². The summed E-state index contributed by atoms with van der Waals surface area (Å²) in [6.07, 6.45) is 1.77. The first-order chi connectivity index (χ1) is 12.1. The summed E-state index contributed by atoms with van der Waals surface area (Å²) in [5.74, 6) is 1.30. The third kappa shape index (κ3) is 3.82. The van der Waals surface area contributed by atoms with Gasteiger partial charge in [-0.2, -0.15) is 4.98 Å². The molecule has 0 aliphatic carbocycles. The minimum Gasteiger partial charge on any atom is -0.394 e. The SMILES string of the molecule is CC(C)c1noc(CNc2ccccc2C(=O)N2CCC[C@@H]2CO)n1. The van der Waals surface area contributed by atoms with Crippen molar-refractivity contribution in [1.29, 1.82) is 0 Å². The van der Waals surface area contributed by atoms with Crippen LogP contribution in [0.3, 0.4) is 0 Å². The number of anilines is 1. The van der Waals surface area contributed by atoms with E-state index in [-0.39, 0.29) is 24.5 Å². The number of nitrogens with zero attached hydrogens (tertiary/aromatic N) is 3. The van der Waals surface area contributed by atoms with Gasteiger partial charge < -0.3 is 19.8 Å². The predicted octanol–water partition coefficient (Wildman–Crippen LogP) is 2.40. The molecule has 2 aromatic rings. The minimum absolute atomic E-state index is 0.00129. The Morgan fingerprint density at radius 2 is 2.24 bits per heavy atom. The zero-order chi connectivity index (χ0) is 17.8. The van der Waals surface area contributed by atoms with Crippen LogP contribution in [0.25, 0.3) is 0 Å². The summed E-state index contributed by atoms with van der Waals surface area (Å²) < 4.78 is 5.23. The summed E-state index contributed by atoms with van der Waals surface area (Å²) >= 11 is 0. The molecular formula is C18H24N4O3. The van der Waals surface area contributed by atoms with Gasteiger partial charge in [-0.25, -0.2) is 0 Å². The molecule has 0 saturated carbocycles. The van der Waals surface area contributed by atoms with E-state index in [4.69, 9.17) is 4.52 Å². The summed E-state index contributed by atoms with van der Waals surface area (Å²) in [5, 5.41) is 16.6. The molecule has 0 spiro atoms. The van der Waals surface area contributed by atoms with Crippen LogP contribution >= 0.6 is 0 Å². The molecule has 7 nitrogen and oxygen atoms in total. The molecule has 25 heavy (non-hydrogen) atoms. The number of hydrogen-bond donors (Lipinski definition) is 2. The minimum atomic E-state index is -0.0925. The first kappa shape index (κ1) is 17.4. The van der Waals surface area contributed by atoms with Gasteiger partial charge in [0.05, 0.1) is 24.8 Å². The summed E-state index contributed by atoms with van der Waals surface area (Å²) in [4.78, 5) is 19.0. The zero-order valence-electron chi connectivity index (χ0n) is 14.6. The molecule has 3 rings (SSSR count). The molecular weight excluding hydrogens is 320 g/mol. The Kier molecular flexibility index (Phi) is 5.33. The number of rotatable bonds is 6. The Morgan fingerprint density at radius 1 is 1.44 bits per heavy atom. The topological polar surface area (TPSA) is 91.5 Å². The highest BCUT2D eigenvalue weighted by atomic mass is 16.5. The average Bonchev–Trinajstić information content (AvgIpc) is 3.28. The third-order valence-electron chi connectivity index (χ3n) is 4.44. The van der Waals surface area contributed by atoms with Gasteiger partial charge in [-0.1, -0.05) is 31.1 Å². The van der Waals surface area contributed by atoms with Crippen molar-refractivity contribution in [3.05, 3.63) is 41.5 Å². The zero-order valence-corrected chi connectivity index (χ0v) is 14.6. The van der Waals surface area contributed by atoms with Gasteiger partial charge in [0.15, 0.2) is 5.82 Å². The second-order valence-corrected chi connectivity index (χ2v) is 6.58. The summed E-state index contributed by atoms with van der Waals surface area (Å²) in [7, 11) is 0. The normalized spacial score (nSPS) is 17.3. The number of likely N-dealkylation sites (tertiary alicyclic amines) is 1. The lowest BCUT2D eigenvalue weighted by atomic mass is 10.1. The number of benzene rings is 1. The number of para-hydroxylation sites is 1. The fraction of sp³-hybridized carbons (Fsp3) is 0.500. The van der Waals surface area contributed by atoms with Gasteiger partial charge in [0.2, 0.25) is 5.89 Å². The maximum absolute atomic E-state index is 12.9. The second-order valence-electron chi connectivity index (χ2n) is 6.58. The summed E-state index contributed by atoms with van der Waals surface area (Å²) in [5.41, 5.74) is 1.31. The molecule has 7 heteroatoms. The lowest BCUT2D eigenvalue weighted by Gasteiger charge is -2.24. The van der Waals surface area contributed by atoms with E-state index < -0.39 is 0 Å². The van der Waals surface area contributed by atoms with E-state index >= 15 is 0 Å². The van der Waals surface area contributed by atoms with Crippen LogP contribution < -0.4 is 5.32 Å². The van der Waals surface area contributed by atoms with E-state index in [1.807, 2.05) is 32.0 Å². The standard InChI is InChI=1S/C18H24N4O3/c1-12(2)17-20-16(25-21-17)10-19-15-8-4-3-7-14(15)18(24)22-9-5-6-13(22)11-23/h3-4,7-8,12-13,19,23H,5-6,9-11H2,1-2H3/t13-/m1/s1. The predicted molar refractivity (Wildman–Crippen MR) is 93.3 cm³/mol. The lowest BCUT2D eigenvalue weighted by Crippen LogP contribution is -2.37. The summed E-state index contributed by atoms with van der Waals surface area (Å²) in [6, 6.07) is 7.28. The van der Waals surface area contributed by atoms with Gasteiger partial charge in [-0.05, 0) is 25.0 Å². The number of carbonyl (C=O) groups excluding carboxylic acids is 1. The van der Waals surface area contributed by atoms with Crippen LogP contribution in [0, 0.1) is 0 Å². The van der Waals surface area contributed by atoms with Crippen molar-refractivity contribution in [2.45, 2.75) is 45.2 Å². The molecule has 1 atom stereocenters. The molecule has 1 aliphatic heterocycles. The lowest BCUT2D eigenvalue weighted by molar-refractivity contribution is 0.0678. The Hall–Kier alpha value is -2.41. The highest BCUT2D eigenvalue weighted by molar-refractivity contribution is 5.99. The molecule has 134 valence electrons. The Bertz CT molecular complexity index is 729. The van der Waals surface area contributed by atoms with E-state index in [9.17, 15) is 9.90 Å². The molecule has 1 aromatic heterocycles. The van der Waals surface area contributed by atoms with E-state index in [0.29, 0.717) is 30.4 Å². The van der Waals surface area contributed by atoms with E-state index in [1.165, 1.54) is 0 Å². The van der Waals surface area contributed by atoms with Gasteiger partial charge in [-0.15, -0.1) is 0 Å². The van der Waals surface area contributed by atoms with Crippen LogP contribution in [-0.4, -0.2) is 45.2 Å². The number of aliphatic hydroxyl groups is 1. The van der Waals surface area contributed by atoms with Crippen molar-refractivity contribution in [2.24, 2.45) is 0 Å². The van der Waals surface area contributed by atoms with Crippen LogP contribution in [-0.2, 0) is 6.54 Å². The first-order valence-electron chi connectivity index (χ1n) is 8.67. The monoisotopic (exact) mass is 344 g/mol. The van der Waals surface area contributed by atoms with Crippen molar-refractivity contribution in [1.82, 2.24) is 15.0 Å². The van der Waals surface area contributed by atoms with Gasteiger partial charge in [-0.3, -0.25) is 4.79 Å². The van der Waals surface area contributed by atoms with Crippen molar-refractivity contribution in [3.8, 4) is 0 Å². The van der Waals surface area contributed by atoms with Gasteiger partial charge in [0.1, 0.15) is 0 Å². The van der Waals surface area contributed by atoms with Crippen molar-refractivity contribution in [2.75, 3.05) is 18.5 Å². The highest BCUT2D eigenvalue weighted by Crippen LogP contribution is 2.24. The average molecular weight is 344 g/mol. The Morgan fingerprint density at radius 3 is 2.96 bits per heavy atom. The van der Waals surface area contributed by atoms with Crippen LogP contribution in [0.15, 0.2) is 28.8 Å². The summed E-state index contributed by atoms with van der Waals surface area (Å²) in [6.45, 7) is 5.04. The van der Waals surface area contributed by atoms with Gasteiger partial charge >= 0.3 is 0 Å². The third-order valence-corrected chi connectivity index (χ3v) is 4.44. The molecule has 2 heterocycles. The molecule has 0 unspecified atom stereocenters. The molecule has 2 N–H and O–H groups in total. The number of aromatic nitrogens is 2. The van der Waals surface area contributed by atoms with Crippen LogP contribution in [0.5, 0.6) is 0 Å². The smallest absolute Gasteiger partial charge is 0.256 e. The number of nitrogens with one attached hydrogen (secondary N) is 1. The maximum atomic E-state index is 12.9. The van der Waals surface area contributed by atoms with Crippen molar-refractivity contribution in [3.63, 3.8) is 0 Å². The molecule has 1 saturated heterocycles. The molecule has 0 bridgehead atoms. The largest absolute Gasteiger partial charge is 0.394 e. The number of amides is 1. The quantitative estimate of drug-likeness (QED) is 0.836. The second kappa shape index (κ2) is 7.65. The van der Waals surface area contributed by atoms with Crippen LogP contribution in [0.4, 0.5) is 5.69 Å². The van der Waals surface area contributed by atoms with Gasteiger partial charge in [0.25, 0.3) is 5.91 Å². The Balaban J connectivity index is 1.73. The van der Waals surface area contributed by atoms with Crippen molar-refractivity contribution >= 4 is 11.6 Å². The van der Waals surface area contributed by atoms with Crippen molar-refractivity contribution < 1.29 is 14.4 Å². The molecule has 1 fully saturated rings. The first-order valence-corrected chi connectivity index (χ1v) is 8.67. The van der Waals surface area contributed by atoms with Gasteiger partial charge in [0, 0.05) is 18.2 Å². The highest BCUT2D eigenvalue weighted by Gasteiger charge is 2.29. The number of hydrogen-bond acceptors (Lipinski definition) is 6. The fourth-order valence-corrected chi connectivity index (χ4v) is 3.02. The van der Waals surface area contributed by atoms with Crippen LogP contribution in [0.1, 0.15) is 54.7 Å². The number of aliphatic hydroxyl groups excluding tert-OH is 1.